The summed E-state index contributed by atoms with van der Waals surface area (Å²) in [5, 5.41) is 0. The van der Waals surface area contributed by atoms with E-state index < -0.39 is 0 Å². The van der Waals surface area contributed by atoms with E-state index in [4.69, 9.17) is 4.74 Å². The number of hydrogen-bond donors (Lipinski definition) is 0. The summed E-state index contributed by atoms with van der Waals surface area (Å²) in [6.45, 7) is 0.909. The Labute approximate surface area is 99.8 Å². The second-order valence-electron chi connectivity index (χ2n) is 4.82. The van der Waals surface area contributed by atoms with Crippen molar-refractivity contribution in [1.29, 1.82) is 0 Å². The molecule has 2 fully saturated rings. The lowest BCUT2D eigenvalue weighted by Crippen LogP contribution is -2.32. The molecule has 2 aliphatic rings. The van der Waals surface area contributed by atoms with Crippen molar-refractivity contribution in [3.8, 4) is 0 Å². The number of rotatable bonds is 2. The van der Waals surface area contributed by atoms with Gasteiger partial charge in [-0.1, -0.05) is 30.3 Å². The van der Waals surface area contributed by atoms with E-state index in [2.05, 4.69) is 0 Å². The lowest BCUT2D eigenvalue weighted by Gasteiger charge is -2.19. The fourth-order valence-corrected chi connectivity index (χ4v) is 2.88. The van der Waals surface area contributed by atoms with Crippen molar-refractivity contribution in [3.05, 3.63) is 35.9 Å². The first-order valence-corrected chi connectivity index (χ1v) is 5.98. The van der Waals surface area contributed by atoms with Gasteiger partial charge in [0.15, 0.2) is 5.78 Å². The first-order valence-electron chi connectivity index (χ1n) is 5.98. The van der Waals surface area contributed by atoms with Crippen LogP contribution in [0.2, 0.25) is 0 Å². The van der Waals surface area contributed by atoms with E-state index in [-0.39, 0.29) is 29.3 Å². The fourth-order valence-electron chi connectivity index (χ4n) is 2.88. The molecule has 0 amide bonds. The molecule has 0 spiro atoms. The Morgan fingerprint density at radius 2 is 1.94 bits per heavy atom. The molecule has 1 aliphatic heterocycles. The Bertz CT molecular complexity index is 452. The van der Waals surface area contributed by atoms with Gasteiger partial charge in [0, 0.05) is 17.4 Å². The average Bonchev–Trinajstić information content (AvgIpc) is 2.57. The predicted octanol–water partition coefficient (Wildman–Crippen LogP) is 1.72. The number of carbonyl (C=O) groups is 2. The van der Waals surface area contributed by atoms with E-state index in [0.29, 0.717) is 25.2 Å². The van der Waals surface area contributed by atoms with Crippen LogP contribution in [0, 0.1) is 17.8 Å². The van der Waals surface area contributed by atoms with E-state index in [9.17, 15) is 9.59 Å². The summed E-state index contributed by atoms with van der Waals surface area (Å²) >= 11 is 0. The summed E-state index contributed by atoms with van der Waals surface area (Å²) in [5.41, 5.74) is 0.706. The monoisotopic (exact) mass is 230 g/mol. The van der Waals surface area contributed by atoms with Gasteiger partial charge in [0.2, 0.25) is 0 Å². The molecule has 3 atom stereocenters. The third kappa shape index (κ3) is 1.71. The Kier molecular flexibility index (Phi) is 2.56. The number of Topliss-reactive ketones (excluding diaryl/α,β-unsaturated/α-hetero) is 2. The van der Waals surface area contributed by atoms with Crippen LogP contribution in [0.5, 0.6) is 0 Å². The van der Waals surface area contributed by atoms with Crippen LogP contribution in [0.4, 0.5) is 0 Å². The van der Waals surface area contributed by atoms with Gasteiger partial charge in [0.25, 0.3) is 0 Å². The highest BCUT2D eigenvalue weighted by molar-refractivity contribution is 6.03. The molecule has 3 heteroatoms. The van der Waals surface area contributed by atoms with Crippen LogP contribution in [-0.2, 0) is 9.53 Å². The van der Waals surface area contributed by atoms with E-state index >= 15 is 0 Å². The Balaban J connectivity index is 1.86. The SMILES string of the molecule is O=C(c1ccccc1)C1CC2COCC1C2=O. The van der Waals surface area contributed by atoms with Crippen molar-refractivity contribution in [2.45, 2.75) is 6.42 Å². The van der Waals surface area contributed by atoms with Crippen molar-refractivity contribution in [3.63, 3.8) is 0 Å². The summed E-state index contributed by atoms with van der Waals surface area (Å²) in [4.78, 5) is 24.2. The van der Waals surface area contributed by atoms with Crippen molar-refractivity contribution in [2.24, 2.45) is 17.8 Å². The topological polar surface area (TPSA) is 43.4 Å². The Morgan fingerprint density at radius 1 is 1.18 bits per heavy atom. The number of benzene rings is 1. The molecule has 0 aromatic heterocycles. The Morgan fingerprint density at radius 3 is 2.65 bits per heavy atom. The molecule has 3 unspecified atom stereocenters. The zero-order chi connectivity index (χ0) is 11.8. The average molecular weight is 230 g/mol. The van der Waals surface area contributed by atoms with Gasteiger partial charge in [-0.25, -0.2) is 0 Å². The van der Waals surface area contributed by atoms with Gasteiger partial charge in [-0.05, 0) is 6.42 Å². The van der Waals surface area contributed by atoms with Gasteiger partial charge < -0.3 is 4.74 Å². The first kappa shape index (κ1) is 10.7. The van der Waals surface area contributed by atoms with E-state index in [1.807, 2.05) is 30.3 Å². The molecule has 88 valence electrons. The molecule has 1 aliphatic carbocycles. The smallest absolute Gasteiger partial charge is 0.166 e. The van der Waals surface area contributed by atoms with Crippen molar-refractivity contribution in [1.82, 2.24) is 0 Å². The summed E-state index contributed by atoms with van der Waals surface area (Å²) in [6, 6.07) is 9.23. The van der Waals surface area contributed by atoms with Crippen LogP contribution in [0.1, 0.15) is 16.8 Å². The van der Waals surface area contributed by atoms with Crippen molar-refractivity contribution >= 4 is 11.6 Å². The molecule has 17 heavy (non-hydrogen) atoms. The van der Waals surface area contributed by atoms with Gasteiger partial charge in [0.1, 0.15) is 5.78 Å². The summed E-state index contributed by atoms with van der Waals surface area (Å²) in [7, 11) is 0. The third-order valence-electron chi connectivity index (χ3n) is 3.80. The van der Waals surface area contributed by atoms with Gasteiger partial charge in [-0.15, -0.1) is 0 Å². The van der Waals surface area contributed by atoms with E-state index in [1.165, 1.54) is 0 Å². The molecule has 1 saturated heterocycles. The number of ether oxygens (including phenoxy) is 1. The third-order valence-corrected chi connectivity index (χ3v) is 3.80. The second-order valence-corrected chi connectivity index (χ2v) is 4.82. The normalized spacial score (nSPS) is 31.5. The van der Waals surface area contributed by atoms with Gasteiger partial charge in [0.05, 0.1) is 19.1 Å². The van der Waals surface area contributed by atoms with Crippen molar-refractivity contribution < 1.29 is 14.3 Å². The maximum Gasteiger partial charge on any atom is 0.166 e. The molecule has 1 aromatic carbocycles. The summed E-state index contributed by atoms with van der Waals surface area (Å²) < 4.78 is 5.37. The highest BCUT2D eigenvalue weighted by Gasteiger charge is 2.48. The molecule has 0 radical (unpaired) electrons. The highest BCUT2D eigenvalue weighted by Crippen LogP contribution is 2.38. The largest absolute Gasteiger partial charge is 0.380 e. The maximum absolute atomic E-state index is 12.3. The molecule has 2 bridgehead atoms. The lowest BCUT2D eigenvalue weighted by atomic mass is 9.88. The minimum atomic E-state index is -0.207. The number of hydrogen-bond acceptors (Lipinski definition) is 3. The number of fused-ring (bicyclic) bond motifs is 2. The minimum absolute atomic E-state index is 0.0496. The van der Waals surface area contributed by atoms with Crippen LogP contribution in [0.15, 0.2) is 30.3 Å². The zero-order valence-corrected chi connectivity index (χ0v) is 9.46. The molecular weight excluding hydrogens is 216 g/mol. The zero-order valence-electron chi connectivity index (χ0n) is 9.46. The lowest BCUT2D eigenvalue weighted by molar-refractivity contribution is -0.132. The number of carbonyl (C=O) groups excluding carboxylic acids is 2. The van der Waals surface area contributed by atoms with Gasteiger partial charge >= 0.3 is 0 Å². The summed E-state index contributed by atoms with van der Waals surface area (Å²) in [5.74, 6) is -0.104. The first-order chi connectivity index (χ1) is 8.27. The fraction of sp³-hybridized carbons (Fsp3) is 0.429. The molecule has 1 aromatic rings. The molecule has 3 nitrogen and oxygen atoms in total. The van der Waals surface area contributed by atoms with Crippen LogP contribution in [0.25, 0.3) is 0 Å². The maximum atomic E-state index is 12.3. The predicted molar refractivity (Wildman–Crippen MR) is 61.7 cm³/mol. The van der Waals surface area contributed by atoms with Crippen LogP contribution < -0.4 is 0 Å². The molecule has 0 N–H and O–H groups in total. The standard InChI is InChI=1S/C14H14O3/c15-13(9-4-2-1-3-5-9)11-6-10-7-17-8-12(11)14(10)16/h1-5,10-12H,6-8H2. The van der Waals surface area contributed by atoms with Crippen LogP contribution in [-0.4, -0.2) is 24.8 Å². The molecule has 3 rings (SSSR count). The minimum Gasteiger partial charge on any atom is -0.380 e. The molecule has 1 heterocycles. The van der Waals surface area contributed by atoms with Gasteiger partial charge in [-0.3, -0.25) is 9.59 Å². The van der Waals surface area contributed by atoms with Crippen LogP contribution >= 0.6 is 0 Å². The number of ketones is 2. The second kappa shape index (κ2) is 4.08. The van der Waals surface area contributed by atoms with Crippen molar-refractivity contribution in [2.75, 3.05) is 13.2 Å². The highest BCUT2D eigenvalue weighted by atomic mass is 16.5. The quantitative estimate of drug-likeness (QED) is 0.726. The van der Waals surface area contributed by atoms with E-state index in [1.54, 1.807) is 0 Å². The summed E-state index contributed by atoms with van der Waals surface area (Å²) in [6.07, 6.45) is 0.664. The molecule has 1 saturated carbocycles. The van der Waals surface area contributed by atoms with Crippen LogP contribution in [0.3, 0.4) is 0 Å². The van der Waals surface area contributed by atoms with Gasteiger partial charge in [-0.2, -0.15) is 0 Å². The molecular formula is C14H14O3. The van der Waals surface area contributed by atoms with E-state index in [0.717, 1.165) is 0 Å². The Hall–Kier alpha value is -1.48.